The zero-order chi connectivity index (χ0) is 24.9. The highest BCUT2D eigenvalue weighted by molar-refractivity contribution is 5.37. The number of hydrogen-bond donors (Lipinski definition) is 1. The minimum atomic E-state index is 0.162. The Morgan fingerprint density at radius 1 is 1.00 bits per heavy atom. The highest BCUT2D eigenvalue weighted by Gasteiger charge is 2.41. The first-order valence-electron chi connectivity index (χ1n) is 13.2. The van der Waals surface area contributed by atoms with Gasteiger partial charge >= 0.3 is 0 Å². The van der Waals surface area contributed by atoms with Crippen molar-refractivity contribution in [2.75, 3.05) is 18.6 Å². The summed E-state index contributed by atoms with van der Waals surface area (Å²) in [5.41, 5.74) is 2.70. The van der Waals surface area contributed by atoms with E-state index < -0.39 is 0 Å². The van der Waals surface area contributed by atoms with Gasteiger partial charge in [-0.2, -0.15) is 0 Å². The highest BCUT2D eigenvalue weighted by Crippen LogP contribution is 2.35. The molecular formula is C28H38N6O2. The van der Waals surface area contributed by atoms with Gasteiger partial charge in [0.25, 0.3) is 0 Å². The molecule has 1 aromatic heterocycles. The molecule has 2 heterocycles. The summed E-state index contributed by atoms with van der Waals surface area (Å²) in [6.45, 7) is 3.71. The van der Waals surface area contributed by atoms with E-state index in [0.29, 0.717) is 24.7 Å². The molecule has 3 aromatic rings. The van der Waals surface area contributed by atoms with Gasteiger partial charge in [-0.05, 0) is 78.6 Å². The first-order valence-corrected chi connectivity index (χ1v) is 13.2. The van der Waals surface area contributed by atoms with Crippen molar-refractivity contribution in [2.45, 2.75) is 75.7 Å². The van der Waals surface area contributed by atoms with Crippen LogP contribution < -0.4 is 15.0 Å². The molecule has 1 unspecified atom stereocenters. The number of aromatic nitrogens is 4. The first-order chi connectivity index (χ1) is 17.6. The summed E-state index contributed by atoms with van der Waals surface area (Å²) in [7, 11) is 3.60. The molecule has 36 heavy (non-hydrogen) atoms. The molecule has 5 rings (SSSR count). The van der Waals surface area contributed by atoms with Crippen molar-refractivity contribution in [2.24, 2.45) is 7.05 Å². The van der Waals surface area contributed by atoms with E-state index >= 15 is 0 Å². The Balaban J connectivity index is 1.23. The van der Waals surface area contributed by atoms with Crippen LogP contribution >= 0.6 is 0 Å². The molecule has 0 bridgehead atoms. The maximum atomic E-state index is 6.60. The molecule has 1 aliphatic heterocycles. The number of benzene rings is 2. The van der Waals surface area contributed by atoms with E-state index in [4.69, 9.17) is 9.47 Å². The van der Waals surface area contributed by atoms with Crippen molar-refractivity contribution in [3.8, 4) is 5.75 Å². The van der Waals surface area contributed by atoms with Gasteiger partial charge in [-0.3, -0.25) is 0 Å². The van der Waals surface area contributed by atoms with Crippen LogP contribution in [0, 0.1) is 0 Å². The van der Waals surface area contributed by atoms with Crippen molar-refractivity contribution in [1.29, 1.82) is 0 Å². The second kappa shape index (κ2) is 11.4. The minimum absolute atomic E-state index is 0.162. The minimum Gasteiger partial charge on any atom is -0.497 e. The van der Waals surface area contributed by atoms with E-state index in [-0.39, 0.29) is 12.1 Å². The Hall–Kier alpha value is -2.97. The van der Waals surface area contributed by atoms with Gasteiger partial charge in [0.1, 0.15) is 5.75 Å². The summed E-state index contributed by atoms with van der Waals surface area (Å²) in [6.07, 6.45) is 5.91. The first kappa shape index (κ1) is 24.7. The highest BCUT2D eigenvalue weighted by atomic mass is 16.5. The summed E-state index contributed by atoms with van der Waals surface area (Å²) >= 11 is 0. The standard InChI is InChI=1S/C28H38N6O2/c1-20-17-26(29-18-21-9-13-24(35-3)14-10-21)27(34(20)28-30-31-32-33(28)2)19-36-25-15-11-23(12-16-25)22-7-5-4-6-8-22/h4-10,13-14,20,23,25-27,29H,11-12,15-19H2,1-3H3/t20-,23?,25?,26+,27?/m1/s1. The summed E-state index contributed by atoms with van der Waals surface area (Å²) in [4.78, 5) is 2.35. The molecule has 2 aromatic carbocycles. The van der Waals surface area contributed by atoms with E-state index in [1.54, 1.807) is 11.8 Å². The largest absolute Gasteiger partial charge is 0.497 e. The number of tetrazole rings is 1. The number of anilines is 1. The summed E-state index contributed by atoms with van der Waals surface area (Å²) in [5.74, 6) is 2.33. The average molecular weight is 491 g/mol. The topological polar surface area (TPSA) is 77.3 Å². The molecule has 0 spiro atoms. The second-order valence-electron chi connectivity index (χ2n) is 10.2. The number of rotatable bonds is 9. The number of nitrogens with one attached hydrogen (secondary N) is 1. The molecule has 0 radical (unpaired) electrons. The van der Waals surface area contributed by atoms with Crippen molar-refractivity contribution in [3.05, 3.63) is 65.7 Å². The Labute approximate surface area is 214 Å². The van der Waals surface area contributed by atoms with E-state index in [0.717, 1.165) is 37.5 Å². The Bertz CT molecular complexity index is 1080. The van der Waals surface area contributed by atoms with Gasteiger partial charge in [-0.1, -0.05) is 47.6 Å². The molecule has 1 aliphatic carbocycles. The number of methoxy groups -OCH3 is 1. The van der Waals surface area contributed by atoms with Crippen LogP contribution in [0.5, 0.6) is 5.75 Å². The van der Waals surface area contributed by atoms with E-state index in [1.807, 2.05) is 19.2 Å². The SMILES string of the molecule is COc1ccc(CN[C@H]2C[C@@H](C)N(c3nnnn3C)C2COC2CCC(c3ccccc3)CC2)cc1. The van der Waals surface area contributed by atoms with Crippen molar-refractivity contribution < 1.29 is 9.47 Å². The second-order valence-corrected chi connectivity index (χ2v) is 10.2. The lowest BCUT2D eigenvalue weighted by Gasteiger charge is -2.34. The van der Waals surface area contributed by atoms with Gasteiger partial charge < -0.3 is 19.7 Å². The monoisotopic (exact) mass is 490 g/mol. The van der Waals surface area contributed by atoms with Crippen molar-refractivity contribution in [1.82, 2.24) is 25.5 Å². The lowest BCUT2D eigenvalue weighted by atomic mass is 9.83. The molecular weight excluding hydrogens is 452 g/mol. The molecule has 8 heteroatoms. The third kappa shape index (κ3) is 5.55. The molecule has 1 saturated carbocycles. The Kier molecular flexibility index (Phi) is 7.82. The predicted molar refractivity (Wildman–Crippen MR) is 140 cm³/mol. The number of nitrogens with zero attached hydrogens (tertiary/aromatic N) is 5. The number of hydrogen-bond acceptors (Lipinski definition) is 7. The van der Waals surface area contributed by atoms with Crippen LogP contribution in [-0.2, 0) is 18.3 Å². The number of aryl methyl sites for hydroxylation is 1. The number of ether oxygens (including phenoxy) is 2. The summed E-state index contributed by atoms with van der Waals surface area (Å²) in [5, 5.41) is 16.1. The van der Waals surface area contributed by atoms with Crippen LogP contribution in [0.15, 0.2) is 54.6 Å². The third-order valence-corrected chi connectivity index (χ3v) is 7.90. The molecule has 1 saturated heterocycles. The zero-order valence-electron chi connectivity index (χ0n) is 21.6. The van der Waals surface area contributed by atoms with Crippen LogP contribution in [0.1, 0.15) is 56.1 Å². The normalized spacial score (nSPS) is 26.3. The summed E-state index contributed by atoms with van der Waals surface area (Å²) < 4.78 is 13.7. The van der Waals surface area contributed by atoms with E-state index in [9.17, 15) is 0 Å². The van der Waals surface area contributed by atoms with Crippen LogP contribution in [-0.4, -0.2) is 58.2 Å². The molecule has 0 amide bonds. The fourth-order valence-electron chi connectivity index (χ4n) is 5.88. The maximum absolute atomic E-state index is 6.60. The maximum Gasteiger partial charge on any atom is 0.245 e. The van der Waals surface area contributed by atoms with Gasteiger partial charge in [0.2, 0.25) is 5.95 Å². The van der Waals surface area contributed by atoms with Gasteiger partial charge in [-0.25, -0.2) is 4.68 Å². The van der Waals surface area contributed by atoms with Crippen LogP contribution in [0.3, 0.4) is 0 Å². The predicted octanol–water partition coefficient (Wildman–Crippen LogP) is 4.09. The zero-order valence-corrected chi connectivity index (χ0v) is 21.6. The van der Waals surface area contributed by atoms with Gasteiger partial charge in [-0.15, -0.1) is 0 Å². The third-order valence-electron chi connectivity index (χ3n) is 7.90. The average Bonchev–Trinajstić information content (AvgIpc) is 3.48. The van der Waals surface area contributed by atoms with Crippen molar-refractivity contribution >= 4 is 5.95 Å². The van der Waals surface area contributed by atoms with Gasteiger partial charge in [0.15, 0.2) is 0 Å². The lowest BCUT2D eigenvalue weighted by molar-refractivity contribution is 0.0144. The van der Waals surface area contributed by atoms with E-state index in [2.05, 4.69) is 75.1 Å². The lowest BCUT2D eigenvalue weighted by Crippen LogP contribution is -2.48. The van der Waals surface area contributed by atoms with Crippen molar-refractivity contribution in [3.63, 3.8) is 0 Å². The van der Waals surface area contributed by atoms with Crippen LogP contribution in [0.2, 0.25) is 0 Å². The molecule has 1 N–H and O–H groups in total. The van der Waals surface area contributed by atoms with Gasteiger partial charge in [0, 0.05) is 25.7 Å². The quantitative estimate of drug-likeness (QED) is 0.484. The molecule has 3 atom stereocenters. The Morgan fingerprint density at radius 3 is 2.42 bits per heavy atom. The molecule has 2 aliphatic rings. The Morgan fingerprint density at radius 2 is 1.75 bits per heavy atom. The van der Waals surface area contributed by atoms with Gasteiger partial charge in [0.05, 0.1) is 25.9 Å². The molecule has 8 nitrogen and oxygen atoms in total. The van der Waals surface area contributed by atoms with Crippen LogP contribution in [0.4, 0.5) is 5.95 Å². The summed E-state index contributed by atoms with van der Waals surface area (Å²) in [6, 6.07) is 19.9. The molecule has 2 fully saturated rings. The fraction of sp³-hybridized carbons (Fsp3) is 0.536. The molecule has 192 valence electrons. The van der Waals surface area contributed by atoms with Crippen LogP contribution in [0.25, 0.3) is 0 Å². The fourth-order valence-corrected chi connectivity index (χ4v) is 5.88. The smallest absolute Gasteiger partial charge is 0.245 e. The van der Waals surface area contributed by atoms with E-state index in [1.165, 1.54) is 24.0 Å².